The third-order valence-electron chi connectivity index (χ3n) is 0.580. The van der Waals surface area contributed by atoms with Crippen molar-refractivity contribution in [3.63, 3.8) is 0 Å². The van der Waals surface area contributed by atoms with Crippen molar-refractivity contribution < 1.29 is 0 Å². The minimum atomic E-state index is -1.14. The molecule has 0 aromatic heterocycles. The van der Waals surface area contributed by atoms with Gasteiger partial charge in [-0.3, -0.25) is 5.41 Å². The van der Waals surface area contributed by atoms with Gasteiger partial charge in [-0.15, -0.1) is 0 Å². The van der Waals surface area contributed by atoms with Gasteiger partial charge < -0.3 is 17.2 Å². The Hall–Kier alpha value is -0.610. The summed E-state index contributed by atoms with van der Waals surface area (Å²) in [6, 6.07) is 0. The van der Waals surface area contributed by atoms with Crippen LogP contribution in [0.2, 0.25) is 0 Å². The fourth-order valence-electron chi connectivity index (χ4n) is 0. The lowest BCUT2D eigenvalue weighted by atomic mass is 10.2. The molecule has 42 valence electrons. The standard InChI is InChI=1S/C3H10N4/c1-3(6,7)2(4)5/h6-7H2,1H3,(H3,4,5). The van der Waals surface area contributed by atoms with Gasteiger partial charge in [0.1, 0.15) is 11.5 Å². The summed E-state index contributed by atoms with van der Waals surface area (Å²) in [7, 11) is 0. The lowest BCUT2D eigenvalue weighted by molar-refractivity contribution is 0.650. The molecule has 0 amide bonds. The first kappa shape index (κ1) is 6.39. The molecule has 0 saturated heterocycles. The average molecular weight is 102 g/mol. The summed E-state index contributed by atoms with van der Waals surface area (Å²) < 4.78 is 0. The molecule has 0 aromatic carbocycles. The smallest absolute Gasteiger partial charge is 0.126 e. The van der Waals surface area contributed by atoms with Crippen LogP contribution in [0.15, 0.2) is 0 Å². The van der Waals surface area contributed by atoms with E-state index < -0.39 is 5.66 Å². The van der Waals surface area contributed by atoms with Crippen LogP contribution in [0.4, 0.5) is 0 Å². The summed E-state index contributed by atoms with van der Waals surface area (Å²) in [5.41, 5.74) is 14.0. The molecule has 4 nitrogen and oxygen atoms in total. The van der Waals surface area contributed by atoms with Crippen LogP contribution in [0, 0.1) is 5.41 Å². The van der Waals surface area contributed by atoms with Gasteiger partial charge in [-0.25, -0.2) is 0 Å². The van der Waals surface area contributed by atoms with Crippen molar-refractivity contribution in [3.05, 3.63) is 0 Å². The quantitative estimate of drug-likeness (QED) is 0.185. The molecule has 0 rings (SSSR count). The van der Waals surface area contributed by atoms with E-state index in [1.165, 1.54) is 6.92 Å². The molecule has 0 atom stereocenters. The number of hydrogen-bond donors (Lipinski definition) is 4. The van der Waals surface area contributed by atoms with E-state index in [0.717, 1.165) is 0 Å². The normalized spacial score (nSPS) is 11.3. The van der Waals surface area contributed by atoms with Crippen LogP contribution in [-0.2, 0) is 0 Å². The molecule has 7 heavy (non-hydrogen) atoms. The zero-order chi connectivity index (χ0) is 6.08. The molecular formula is C3H10N4. The second-order valence-electron chi connectivity index (χ2n) is 1.70. The highest BCUT2D eigenvalue weighted by Gasteiger charge is 2.13. The Morgan fingerprint density at radius 2 is 1.71 bits per heavy atom. The molecule has 0 fully saturated rings. The van der Waals surface area contributed by atoms with Crippen LogP contribution in [0.3, 0.4) is 0 Å². The molecule has 4 heteroatoms. The molecule has 0 aliphatic carbocycles. The molecule has 0 aliphatic heterocycles. The molecule has 0 saturated carbocycles. The van der Waals surface area contributed by atoms with Crippen LogP contribution >= 0.6 is 0 Å². The summed E-state index contributed by atoms with van der Waals surface area (Å²) in [5, 5.41) is 6.67. The van der Waals surface area contributed by atoms with Crippen LogP contribution in [0.5, 0.6) is 0 Å². The molecule has 0 bridgehead atoms. The highest BCUT2D eigenvalue weighted by atomic mass is 15.0. The molecule has 7 N–H and O–H groups in total. The number of hydrogen-bond acceptors (Lipinski definition) is 3. The van der Waals surface area contributed by atoms with E-state index in [1.54, 1.807) is 0 Å². The van der Waals surface area contributed by atoms with Gasteiger partial charge in [0, 0.05) is 0 Å². The highest BCUT2D eigenvalue weighted by molar-refractivity contribution is 5.85. The summed E-state index contributed by atoms with van der Waals surface area (Å²) in [6.07, 6.45) is 0. The van der Waals surface area contributed by atoms with Gasteiger partial charge in [-0.2, -0.15) is 0 Å². The van der Waals surface area contributed by atoms with Crippen LogP contribution < -0.4 is 17.2 Å². The second-order valence-corrected chi connectivity index (χ2v) is 1.70. The summed E-state index contributed by atoms with van der Waals surface area (Å²) in [4.78, 5) is 0. The molecule has 0 radical (unpaired) electrons. The molecular weight excluding hydrogens is 92.1 g/mol. The van der Waals surface area contributed by atoms with E-state index in [0.29, 0.717) is 0 Å². The average Bonchev–Trinajstić information content (AvgIpc) is 1.31. The van der Waals surface area contributed by atoms with E-state index in [1.807, 2.05) is 0 Å². The first-order valence-corrected chi connectivity index (χ1v) is 1.87. The van der Waals surface area contributed by atoms with Crippen molar-refractivity contribution in [2.24, 2.45) is 17.2 Å². The van der Waals surface area contributed by atoms with Gasteiger partial charge in [0.25, 0.3) is 0 Å². The molecule has 0 aliphatic rings. The van der Waals surface area contributed by atoms with Crippen molar-refractivity contribution in [2.45, 2.75) is 12.6 Å². The Bertz CT molecular complexity index is 79.4. The number of amidine groups is 1. The molecule has 0 unspecified atom stereocenters. The van der Waals surface area contributed by atoms with Gasteiger partial charge in [0.15, 0.2) is 0 Å². The summed E-state index contributed by atoms with van der Waals surface area (Å²) in [5.74, 6) is -0.201. The predicted molar refractivity (Wildman–Crippen MR) is 28.7 cm³/mol. The van der Waals surface area contributed by atoms with Gasteiger partial charge in [-0.05, 0) is 6.92 Å². The van der Waals surface area contributed by atoms with Crippen LogP contribution in [-0.4, -0.2) is 11.5 Å². The molecule has 0 aromatic rings. The maximum absolute atomic E-state index is 6.67. The SMILES string of the molecule is CC(N)(N)C(=N)N. The Balaban J connectivity index is 3.79. The van der Waals surface area contributed by atoms with Crippen LogP contribution in [0.1, 0.15) is 6.92 Å². The largest absolute Gasteiger partial charge is 0.385 e. The lowest BCUT2D eigenvalue weighted by Gasteiger charge is -2.14. The zero-order valence-electron chi connectivity index (χ0n) is 4.23. The number of nitrogens with one attached hydrogen (secondary N) is 1. The maximum Gasteiger partial charge on any atom is 0.126 e. The van der Waals surface area contributed by atoms with Crippen molar-refractivity contribution in [1.29, 1.82) is 5.41 Å². The topological polar surface area (TPSA) is 102 Å². The zero-order valence-corrected chi connectivity index (χ0v) is 4.23. The predicted octanol–water partition coefficient (Wildman–Crippen LogP) is -1.44. The van der Waals surface area contributed by atoms with E-state index >= 15 is 0 Å². The fourth-order valence-corrected chi connectivity index (χ4v) is 0. The van der Waals surface area contributed by atoms with E-state index in [4.69, 9.17) is 22.6 Å². The summed E-state index contributed by atoms with van der Waals surface area (Å²) in [6.45, 7) is 1.47. The first-order valence-electron chi connectivity index (χ1n) is 1.87. The van der Waals surface area contributed by atoms with E-state index in [2.05, 4.69) is 0 Å². The fraction of sp³-hybridized carbons (Fsp3) is 0.667. The molecule has 0 spiro atoms. The first-order chi connectivity index (χ1) is 2.94. The van der Waals surface area contributed by atoms with Gasteiger partial charge in [0.05, 0.1) is 0 Å². The van der Waals surface area contributed by atoms with E-state index in [9.17, 15) is 0 Å². The summed E-state index contributed by atoms with van der Waals surface area (Å²) >= 11 is 0. The van der Waals surface area contributed by atoms with Crippen LogP contribution in [0.25, 0.3) is 0 Å². The van der Waals surface area contributed by atoms with Crippen molar-refractivity contribution in [1.82, 2.24) is 0 Å². The third-order valence-corrected chi connectivity index (χ3v) is 0.580. The minimum Gasteiger partial charge on any atom is -0.385 e. The number of nitrogens with two attached hydrogens (primary N) is 3. The monoisotopic (exact) mass is 102 g/mol. The Labute approximate surface area is 42.2 Å². The van der Waals surface area contributed by atoms with Crippen molar-refractivity contribution in [2.75, 3.05) is 0 Å². The Kier molecular flexibility index (Phi) is 1.35. The van der Waals surface area contributed by atoms with Gasteiger partial charge >= 0.3 is 0 Å². The Morgan fingerprint density at radius 3 is 1.71 bits per heavy atom. The lowest BCUT2D eigenvalue weighted by Crippen LogP contribution is -2.56. The highest BCUT2D eigenvalue weighted by Crippen LogP contribution is 1.81. The minimum absolute atomic E-state index is 0.201. The van der Waals surface area contributed by atoms with Gasteiger partial charge in [0.2, 0.25) is 0 Å². The second kappa shape index (κ2) is 1.48. The van der Waals surface area contributed by atoms with Crippen molar-refractivity contribution >= 4 is 5.84 Å². The van der Waals surface area contributed by atoms with E-state index in [-0.39, 0.29) is 5.84 Å². The van der Waals surface area contributed by atoms with Crippen molar-refractivity contribution in [3.8, 4) is 0 Å². The Morgan fingerprint density at radius 1 is 1.57 bits per heavy atom. The number of rotatable bonds is 1. The maximum atomic E-state index is 6.67. The third kappa shape index (κ3) is 2.13. The van der Waals surface area contributed by atoms with Gasteiger partial charge in [-0.1, -0.05) is 0 Å². The molecule has 0 heterocycles.